The van der Waals surface area contributed by atoms with Crippen molar-refractivity contribution in [3.8, 4) is 0 Å². The number of hydrogen-bond acceptors (Lipinski definition) is 4. The Morgan fingerprint density at radius 3 is 2.63 bits per heavy atom. The first-order valence-electron chi connectivity index (χ1n) is 8.72. The van der Waals surface area contributed by atoms with Crippen LogP contribution in [0.4, 0.5) is 9.52 Å². The molecule has 1 aliphatic heterocycles. The number of nitrogens with zero attached hydrogens (tertiary/aromatic N) is 4. The second-order valence-electron chi connectivity index (χ2n) is 6.87. The number of aromatic nitrogens is 1. The van der Waals surface area contributed by atoms with Crippen LogP contribution in [0.15, 0.2) is 34.8 Å². The number of benzene rings is 1. The zero-order chi connectivity index (χ0) is 18.1. The van der Waals surface area contributed by atoms with Crippen LogP contribution in [-0.2, 0) is 5.41 Å². The molecule has 0 unspecified atom stereocenters. The molecule has 2 fully saturated rings. The number of halogens is 3. The maximum atomic E-state index is 13.3. The fourth-order valence-electron chi connectivity index (χ4n) is 3.41. The van der Waals surface area contributed by atoms with Crippen molar-refractivity contribution >= 4 is 58.0 Å². The third-order valence-electron chi connectivity index (χ3n) is 5.19. The second kappa shape index (κ2) is 8.48. The smallest absolute Gasteiger partial charge is 0.191 e. The SMILES string of the molecule is I.NC(=NCC1(c2ccc(F)cc2Cl)CC1)N1CCN(c2nccs2)CC1. The van der Waals surface area contributed by atoms with E-state index < -0.39 is 0 Å². The van der Waals surface area contributed by atoms with Gasteiger partial charge in [-0.1, -0.05) is 17.7 Å². The van der Waals surface area contributed by atoms with Crippen molar-refractivity contribution in [3.63, 3.8) is 0 Å². The van der Waals surface area contributed by atoms with E-state index in [2.05, 4.69) is 19.8 Å². The minimum absolute atomic E-state index is 0. The van der Waals surface area contributed by atoms with E-state index in [-0.39, 0.29) is 35.2 Å². The third kappa shape index (κ3) is 4.48. The van der Waals surface area contributed by atoms with Gasteiger partial charge in [-0.05, 0) is 30.5 Å². The molecule has 0 bridgehead atoms. The molecule has 0 atom stereocenters. The molecule has 5 nitrogen and oxygen atoms in total. The first kappa shape index (κ1) is 20.6. The molecule has 1 saturated heterocycles. The van der Waals surface area contributed by atoms with Crippen molar-refractivity contribution in [2.45, 2.75) is 18.3 Å². The van der Waals surface area contributed by atoms with Crippen LogP contribution < -0.4 is 10.6 Å². The number of piperazine rings is 1. The minimum Gasteiger partial charge on any atom is -0.370 e. The number of anilines is 1. The summed E-state index contributed by atoms with van der Waals surface area (Å²) >= 11 is 7.90. The fraction of sp³-hybridized carbons (Fsp3) is 0.444. The highest BCUT2D eigenvalue weighted by Crippen LogP contribution is 2.50. The lowest BCUT2D eigenvalue weighted by molar-refractivity contribution is 0.380. The standard InChI is InChI=1S/C18H21ClFN5S.HI/c19-15-11-13(20)1-2-14(15)18(3-4-18)12-23-16(21)24-6-8-25(9-7-24)17-22-5-10-26-17;/h1-2,5,10-11H,3-4,6-9,12H2,(H2,21,23);1H. The molecule has 0 spiro atoms. The predicted molar refractivity (Wildman–Crippen MR) is 120 cm³/mol. The number of aliphatic imine (C=N–C) groups is 1. The van der Waals surface area contributed by atoms with Crippen LogP contribution in [0, 0.1) is 5.82 Å². The van der Waals surface area contributed by atoms with E-state index in [0.29, 0.717) is 17.5 Å². The van der Waals surface area contributed by atoms with Gasteiger partial charge in [0.15, 0.2) is 11.1 Å². The highest BCUT2D eigenvalue weighted by atomic mass is 127. The molecule has 2 heterocycles. The van der Waals surface area contributed by atoms with Gasteiger partial charge >= 0.3 is 0 Å². The number of nitrogens with two attached hydrogens (primary N) is 1. The second-order valence-corrected chi connectivity index (χ2v) is 8.15. The van der Waals surface area contributed by atoms with Crippen LogP contribution in [0.3, 0.4) is 0 Å². The molecular formula is C18H22ClFIN5S. The van der Waals surface area contributed by atoms with Crippen molar-refractivity contribution in [3.05, 3.63) is 46.2 Å². The molecule has 0 radical (unpaired) electrons. The van der Waals surface area contributed by atoms with Crippen molar-refractivity contribution in [2.75, 3.05) is 37.6 Å². The van der Waals surface area contributed by atoms with Crippen molar-refractivity contribution in [2.24, 2.45) is 10.7 Å². The average molecular weight is 522 g/mol. The quantitative estimate of drug-likeness (QED) is 0.379. The molecule has 2 aliphatic rings. The molecule has 1 aromatic carbocycles. The molecule has 1 saturated carbocycles. The molecule has 2 N–H and O–H groups in total. The molecule has 1 aromatic heterocycles. The molecule has 9 heteroatoms. The monoisotopic (exact) mass is 521 g/mol. The van der Waals surface area contributed by atoms with E-state index >= 15 is 0 Å². The Morgan fingerprint density at radius 2 is 2.04 bits per heavy atom. The maximum Gasteiger partial charge on any atom is 0.191 e. The fourth-order valence-corrected chi connectivity index (χ4v) is 4.48. The highest BCUT2D eigenvalue weighted by molar-refractivity contribution is 14.0. The van der Waals surface area contributed by atoms with Crippen molar-refractivity contribution in [1.82, 2.24) is 9.88 Å². The van der Waals surface area contributed by atoms with Gasteiger partial charge < -0.3 is 15.5 Å². The van der Waals surface area contributed by atoms with E-state index in [4.69, 9.17) is 17.3 Å². The topological polar surface area (TPSA) is 57.8 Å². The van der Waals surface area contributed by atoms with Gasteiger partial charge in [-0.3, -0.25) is 4.99 Å². The van der Waals surface area contributed by atoms with E-state index in [1.165, 1.54) is 12.1 Å². The lowest BCUT2D eigenvalue weighted by atomic mass is 9.96. The predicted octanol–water partition coefficient (Wildman–Crippen LogP) is 3.72. The van der Waals surface area contributed by atoms with E-state index in [9.17, 15) is 4.39 Å². The van der Waals surface area contributed by atoms with E-state index in [1.54, 1.807) is 17.4 Å². The van der Waals surface area contributed by atoms with Gasteiger partial charge in [0, 0.05) is 48.2 Å². The normalized spacial score (nSPS) is 19.0. The summed E-state index contributed by atoms with van der Waals surface area (Å²) in [5.74, 6) is 0.268. The Hall–Kier alpha value is -1.13. The Labute approximate surface area is 184 Å². The van der Waals surface area contributed by atoms with E-state index in [0.717, 1.165) is 49.7 Å². The van der Waals surface area contributed by atoms with Gasteiger partial charge in [-0.2, -0.15) is 0 Å². The maximum absolute atomic E-state index is 13.3. The number of rotatable bonds is 4. The first-order valence-corrected chi connectivity index (χ1v) is 9.98. The average Bonchev–Trinajstić information content (AvgIpc) is 3.22. The highest BCUT2D eigenvalue weighted by Gasteiger charge is 2.45. The summed E-state index contributed by atoms with van der Waals surface area (Å²) in [5.41, 5.74) is 7.13. The lowest BCUT2D eigenvalue weighted by Gasteiger charge is -2.35. The van der Waals surface area contributed by atoms with Gasteiger partial charge in [-0.15, -0.1) is 35.3 Å². The molecule has 4 rings (SSSR count). The van der Waals surface area contributed by atoms with Crippen LogP contribution in [0.2, 0.25) is 5.02 Å². The van der Waals surface area contributed by atoms with Gasteiger partial charge in [0.2, 0.25) is 0 Å². The summed E-state index contributed by atoms with van der Waals surface area (Å²) in [5, 5.41) is 3.53. The Morgan fingerprint density at radius 1 is 1.30 bits per heavy atom. The number of thiazole rings is 1. The van der Waals surface area contributed by atoms with Crippen LogP contribution in [0.25, 0.3) is 0 Å². The molecule has 0 amide bonds. The Kier molecular flexibility index (Phi) is 6.47. The third-order valence-corrected chi connectivity index (χ3v) is 6.34. The van der Waals surface area contributed by atoms with Crippen molar-refractivity contribution < 1.29 is 4.39 Å². The minimum atomic E-state index is -0.310. The van der Waals surface area contributed by atoms with Crippen LogP contribution in [-0.4, -0.2) is 48.6 Å². The zero-order valence-electron chi connectivity index (χ0n) is 14.8. The van der Waals surface area contributed by atoms with Crippen LogP contribution in [0.1, 0.15) is 18.4 Å². The first-order chi connectivity index (χ1) is 12.6. The Balaban J connectivity index is 0.00000210. The van der Waals surface area contributed by atoms with Gasteiger partial charge in [0.25, 0.3) is 0 Å². The lowest BCUT2D eigenvalue weighted by Crippen LogP contribution is -2.51. The largest absolute Gasteiger partial charge is 0.370 e. The van der Waals surface area contributed by atoms with Crippen LogP contribution in [0.5, 0.6) is 0 Å². The van der Waals surface area contributed by atoms with Gasteiger partial charge in [-0.25, -0.2) is 9.37 Å². The van der Waals surface area contributed by atoms with E-state index in [1.807, 2.05) is 11.6 Å². The number of guanidine groups is 1. The Bertz CT molecular complexity index is 804. The van der Waals surface area contributed by atoms with Crippen LogP contribution >= 0.6 is 46.9 Å². The van der Waals surface area contributed by atoms with Gasteiger partial charge in [0.05, 0.1) is 6.54 Å². The summed E-state index contributed by atoms with van der Waals surface area (Å²) in [6.07, 6.45) is 3.85. The zero-order valence-corrected chi connectivity index (χ0v) is 18.7. The summed E-state index contributed by atoms with van der Waals surface area (Å²) in [4.78, 5) is 13.4. The number of hydrogen-bond donors (Lipinski definition) is 1. The summed E-state index contributed by atoms with van der Waals surface area (Å²) < 4.78 is 13.3. The molecule has 27 heavy (non-hydrogen) atoms. The summed E-state index contributed by atoms with van der Waals surface area (Å²) in [6.45, 7) is 4.03. The molecule has 2 aromatic rings. The molecule has 1 aliphatic carbocycles. The molecule has 146 valence electrons. The molecular weight excluding hydrogens is 500 g/mol. The van der Waals surface area contributed by atoms with Gasteiger partial charge in [0.1, 0.15) is 5.82 Å². The summed E-state index contributed by atoms with van der Waals surface area (Å²) in [6, 6.07) is 4.62. The van der Waals surface area contributed by atoms with Crippen molar-refractivity contribution in [1.29, 1.82) is 0 Å². The summed E-state index contributed by atoms with van der Waals surface area (Å²) in [7, 11) is 0.